The van der Waals surface area contributed by atoms with Crippen LogP contribution in [0.4, 0.5) is 13.2 Å². The molecule has 0 aliphatic carbocycles. The zero-order chi connectivity index (χ0) is 24.5. The van der Waals surface area contributed by atoms with E-state index in [9.17, 15) is 18.0 Å². The van der Waals surface area contributed by atoms with Crippen molar-refractivity contribution in [3.05, 3.63) is 86.8 Å². The number of alkyl halides is 3. The molecule has 4 rings (SSSR count). The Bertz CT molecular complexity index is 1300. The Morgan fingerprint density at radius 3 is 2.71 bits per heavy atom. The lowest BCUT2D eigenvalue weighted by Crippen LogP contribution is -2.40. The van der Waals surface area contributed by atoms with Crippen molar-refractivity contribution >= 4 is 5.84 Å². The molecule has 1 atom stereocenters. The van der Waals surface area contributed by atoms with Crippen LogP contribution < -0.4 is 15.8 Å². The smallest absolute Gasteiger partial charge is 0.416 e. The largest absolute Gasteiger partial charge is 0.455 e. The van der Waals surface area contributed by atoms with E-state index in [1.807, 2.05) is 26.0 Å². The van der Waals surface area contributed by atoms with E-state index in [0.29, 0.717) is 6.42 Å². The van der Waals surface area contributed by atoms with E-state index in [0.717, 1.165) is 27.9 Å². The Hall–Kier alpha value is -3.66. The van der Waals surface area contributed by atoms with Crippen molar-refractivity contribution in [2.75, 3.05) is 6.61 Å². The Labute approximate surface area is 193 Å². The van der Waals surface area contributed by atoms with E-state index in [1.165, 1.54) is 30.9 Å². The second-order valence-corrected chi connectivity index (χ2v) is 8.11. The van der Waals surface area contributed by atoms with Gasteiger partial charge in [-0.1, -0.05) is 24.3 Å². The van der Waals surface area contributed by atoms with Crippen LogP contribution in [0.2, 0.25) is 0 Å². The molecule has 0 fully saturated rings. The predicted molar refractivity (Wildman–Crippen MR) is 120 cm³/mol. The van der Waals surface area contributed by atoms with Crippen LogP contribution in [0.5, 0.6) is 11.5 Å². The molecule has 3 aromatic rings. The topological polar surface area (TPSA) is 77.7 Å². The Kier molecular flexibility index (Phi) is 6.43. The molecule has 0 saturated heterocycles. The molecule has 1 aromatic heterocycles. The minimum atomic E-state index is -4.53. The Morgan fingerprint density at radius 1 is 1.18 bits per heavy atom. The summed E-state index contributed by atoms with van der Waals surface area (Å²) in [5, 5.41) is 3.94. The van der Waals surface area contributed by atoms with Gasteiger partial charge in [-0.05, 0) is 55.2 Å². The van der Waals surface area contributed by atoms with Crippen LogP contribution in [-0.4, -0.2) is 28.3 Å². The number of hydrogen-bond donors (Lipinski definition) is 1. The van der Waals surface area contributed by atoms with Crippen LogP contribution >= 0.6 is 0 Å². The summed E-state index contributed by atoms with van der Waals surface area (Å²) in [6.07, 6.45) is -2.69. The van der Waals surface area contributed by atoms with Crippen molar-refractivity contribution in [2.45, 2.75) is 32.5 Å². The number of halogens is 3. The minimum absolute atomic E-state index is 0.0136. The molecule has 0 saturated carbocycles. The van der Waals surface area contributed by atoms with Gasteiger partial charge in [-0.25, -0.2) is 10.2 Å². The molecule has 10 heteroatoms. The Balaban J connectivity index is 1.67. The maximum Gasteiger partial charge on any atom is 0.416 e. The van der Waals surface area contributed by atoms with Gasteiger partial charge in [-0.3, -0.25) is 14.6 Å². The highest BCUT2D eigenvalue weighted by molar-refractivity contribution is 6.00. The second kappa shape index (κ2) is 9.30. The van der Waals surface area contributed by atoms with Crippen molar-refractivity contribution in [1.29, 1.82) is 0 Å². The van der Waals surface area contributed by atoms with E-state index in [2.05, 4.69) is 21.6 Å². The average molecular weight is 472 g/mol. The van der Waals surface area contributed by atoms with Gasteiger partial charge in [-0.2, -0.15) is 18.3 Å². The molecule has 1 aliphatic rings. The van der Waals surface area contributed by atoms with Gasteiger partial charge >= 0.3 is 6.18 Å². The number of hydroxylamine groups is 1. The molecule has 0 radical (unpaired) electrons. The minimum Gasteiger partial charge on any atom is -0.455 e. The molecule has 34 heavy (non-hydrogen) atoms. The third-order valence-electron chi connectivity index (χ3n) is 5.53. The number of aromatic nitrogens is 2. The van der Waals surface area contributed by atoms with Gasteiger partial charge in [0.25, 0.3) is 5.56 Å². The van der Waals surface area contributed by atoms with Crippen LogP contribution in [0.3, 0.4) is 0 Å². The summed E-state index contributed by atoms with van der Waals surface area (Å²) < 4.78 is 46.0. The van der Waals surface area contributed by atoms with Crippen molar-refractivity contribution in [1.82, 2.24) is 15.3 Å². The fourth-order valence-corrected chi connectivity index (χ4v) is 3.56. The van der Waals surface area contributed by atoms with Crippen molar-refractivity contribution < 1.29 is 22.7 Å². The first-order valence-electron chi connectivity index (χ1n) is 10.6. The van der Waals surface area contributed by atoms with E-state index < -0.39 is 17.3 Å². The van der Waals surface area contributed by atoms with Crippen molar-refractivity contribution in [3.63, 3.8) is 0 Å². The number of nitrogens with one attached hydrogen (secondary N) is 1. The summed E-state index contributed by atoms with van der Waals surface area (Å²) in [6.45, 7) is 4.35. The summed E-state index contributed by atoms with van der Waals surface area (Å²) in [5.41, 5.74) is 4.68. The van der Waals surface area contributed by atoms with Gasteiger partial charge in [0, 0.05) is 7.05 Å². The highest BCUT2D eigenvalue weighted by Crippen LogP contribution is 2.33. The summed E-state index contributed by atoms with van der Waals surface area (Å²) in [6, 6.07) is 10.3. The van der Waals surface area contributed by atoms with Crippen molar-refractivity contribution in [2.24, 2.45) is 12.0 Å². The zero-order valence-electron chi connectivity index (χ0n) is 18.8. The molecule has 2 heterocycles. The fraction of sp³-hybridized carbons (Fsp3) is 0.292. The first kappa shape index (κ1) is 23.5. The van der Waals surface area contributed by atoms with Gasteiger partial charge in [0.2, 0.25) is 0 Å². The fourth-order valence-electron chi connectivity index (χ4n) is 3.56. The molecular weight excluding hydrogens is 449 g/mol. The number of amidine groups is 1. The van der Waals surface area contributed by atoms with Gasteiger partial charge in [0.05, 0.1) is 24.4 Å². The zero-order valence-corrected chi connectivity index (χ0v) is 18.8. The first-order valence-corrected chi connectivity index (χ1v) is 10.6. The normalized spacial score (nSPS) is 16.1. The molecule has 0 bridgehead atoms. The van der Waals surface area contributed by atoms with Crippen LogP contribution in [0, 0.1) is 13.8 Å². The lowest BCUT2D eigenvalue weighted by molar-refractivity contribution is -0.137. The van der Waals surface area contributed by atoms with Crippen LogP contribution in [0.1, 0.15) is 27.8 Å². The number of ether oxygens (including phenoxy) is 1. The molecule has 7 nitrogen and oxygen atoms in total. The van der Waals surface area contributed by atoms with Gasteiger partial charge in [-0.15, -0.1) is 0 Å². The summed E-state index contributed by atoms with van der Waals surface area (Å²) in [7, 11) is 1.46. The van der Waals surface area contributed by atoms with E-state index in [4.69, 9.17) is 9.57 Å². The van der Waals surface area contributed by atoms with Crippen molar-refractivity contribution in [3.8, 4) is 11.5 Å². The number of benzene rings is 2. The number of hydrogen-bond acceptors (Lipinski definition) is 6. The quantitative estimate of drug-likeness (QED) is 0.605. The molecule has 1 N–H and O–H groups in total. The Morgan fingerprint density at radius 2 is 1.97 bits per heavy atom. The van der Waals surface area contributed by atoms with Crippen LogP contribution in [-0.2, 0) is 24.5 Å². The highest BCUT2D eigenvalue weighted by atomic mass is 19.4. The second-order valence-electron chi connectivity index (χ2n) is 8.11. The van der Waals surface area contributed by atoms with Crippen LogP contribution in [0.25, 0.3) is 0 Å². The molecule has 1 aliphatic heterocycles. The molecule has 0 spiro atoms. The third kappa shape index (κ3) is 5.12. The molecular formula is C24H23F3N4O3. The monoisotopic (exact) mass is 472 g/mol. The summed E-state index contributed by atoms with van der Waals surface area (Å²) >= 11 is 0. The first-order chi connectivity index (χ1) is 16.1. The molecule has 1 unspecified atom stereocenters. The van der Waals surface area contributed by atoms with E-state index in [1.54, 1.807) is 0 Å². The highest BCUT2D eigenvalue weighted by Gasteiger charge is 2.31. The molecule has 2 aromatic carbocycles. The number of aryl methyl sites for hydroxylation is 3. The summed E-state index contributed by atoms with van der Waals surface area (Å²) in [4.78, 5) is 23.0. The van der Waals surface area contributed by atoms with Gasteiger partial charge in [0.1, 0.15) is 11.3 Å². The van der Waals surface area contributed by atoms with Crippen LogP contribution in [0.15, 0.2) is 58.4 Å². The van der Waals surface area contributed by atoms with E-state index >= 15 is 0 Å². The standard InChI is InChI=1S/C24H23F3N4O3/c1-14-7-8-16(9-15(14)2)10-18-13-33-30-22(29-18)21-20(12-28-31(3)23(21)32)34-19-6-4-5-17(11-19)24(25,26)27/h4-9,11-12,18H,10,13H2,1-3H3,(H,29,30). The lowest BCUT2D eigenvalue weighted by Gasteiger charge is -2.23. The van der Waals surface area contributed by atoms with E-state index in [-0.39, 0.29) is 35.5 Å². The summed E-state index contributed by atoms with van der Waals surface area (Å²) in [5.74, 6) is 0.00398. The maximum absolute atomic E-state index is 13.1. The van der Waals surface area contributed by atoms with Gasteiger partial charge in [0.15, 0.2) is 11.6 Å². The average Bonchev–Trinajstić information content (AvgIpc) is 2.79. The third-order valence-corrected chi connectivity index (χ3v) is 5.53. The maximum atomic E-state index is 13.1. The van der Waals surface area contributed by atoms with Gasteiger partial charge < -0.3 is 4.74 Å². The number of aliphatic imine (C=N–C) groups is 1. The number of nitrogens with zero attached hydrogens (tertiary/aromatic N) is 3. The molecule has 178 valence electrons. The number of rotatable bonds is 5. The lowest BCUT2D eigenvalue weighted by atomic mass is 10.0. The molecule has 0 amide bonds. The predicted octanol–water partition coefficient (Wildman–Crippen LogP) is 4.10. The SMILES string of the molecule is Cc1ccc(CC2CONC(c3c(Oc4cccc(C(F)(F)F)c4)cnn(C)c3=O)=N2)cc1C.